The maximum absolute atomic E-state index is 10.9. The average molecular weight is 386 g/mol. The monoisotopic (exact) mass is 385 g/mol. The molecule has 0 aromatic heterocycles. The molecule has 3 nitrogen and oxygen atoms in total. The second-order valence-corrected chi connectivity index (χ2v) is 7.57. The molecule has 0 heterocycles. The molecule has 0 aromatic carbocycles. The van der Waals surface area contributed by atoms with E-state index in [2.05, 4.69) is 38.2 Å². The van der Waals surface area contributed by atoms with Crippen molar-refractivity contribution in [1.29, 1.82) is 0 Å². The van der Waals surface area contributed by atoms with Crippen molar-refractivity contribution in [2.75, 3.05) is 19.6 Å². The van der Waals surface area contributed by atoms with Gasteiger partial charge < -0.3 is 9.90 Å². The van der Waals surface area contributed by atoms with E-state index in [9.17, 15) is 9.90 Å². The Morgan fingerprint density at radius 2 is 1.07 bits per heavy atom. The summed E-state index contributed by atoms with van der Waals surface area (Å²) < 4.78 is 0. The van der Waals surface area contributed by atoms with Crippen LogP contribution in [0.2, 0.25) is 0 Å². The number of carboxylic acid groups (broad SMARTS) is 1. The first kappa shape index (κ1) is 29.7. The van der Waals surface area contributed by atoms with Crippen LogP contribution in [0.3, 0.4) is 0 Å². The Balaban J connectivity index is 0. The summed E-state index contributed by atoms with van der Waals surface area (Å²) in [7, 11) is 0. The fourth-order valence-corrected chi connectivity index (χ4v) is 3.17. The first-order chi connectivity index (χ1) is 13.2. The van der Waals surface area contributed by atoms with Crippen LogP contribution in [0.4, 0.5) is 0 Å². The summed E-state index contributed by atoms with van der Waals surface area (Å²) in [5.74, 6) is -0.965. The summed E-state index contributed by atoms with van der Waals surface area (Å²) in [6.45, 7) is 6.21. The van der Waals surface area contributed by atoms with Crippen molar-refractivity contribution >= 4 is 5.97 Å². The van der Waals surface area contributed by atoms with Gasteiger partial charge in [0.05, 0.1) is 5.97 Å². The molecular weight excluding hydrogens is 341 g/mol. The zero-order chi connectivity index (χ0) is 20.0. The summed E-state index contributed by atoms with van der Waals surface area (Å²) in [4.78, 5) is 13.0. The second kappa shape index (κ2) is 24.5. The van der Waals surface area contributed by atoms with Gasteiger partial charge in [0.15, 0.2) is 0 Å². The van der Waals surface area contributed by atoms with E-state index in [0.717, 1.165) is 38.8 Å². The first-order valence-corrected chi connectivity index (χ1v) is 11.4. The molecular formula is C24H44LiNO2. The Bertz CT molecular complexity index is 355. The van der Waals surface area contributed by atoms with Crippen LogP contribution in [0.5, 0.6) is 0 Å². The molecule has 0 rings (SSSR count). The first-order valence-electron chi connectivity index (χ1n) is 11.4. The SMILES string of the molecule is CCCCCC/C=C/CCCN(CCC/C=C/CCCCCC)CC(=O)[O-].[Li+]. The maximum atomic E-state index is 10.9. The molecule has 0 amide bonds. The second-order valence-electron chi connectivity index (χ2n) is 7.57. The molecule has 0 spiro atoms. The summed E-state index contributed by atoms with van der Waals surface area (Å²) >= 11 is 0. The number of allylic oxidation sites excluding steroid dienone is 4. The van der Waals surface area contributed by atoms with Gasteiger partial charge in [-0.2, -0.15) is 0 Å². The largest absolute Gasteiger partial charge is 1.00 e. The maximum Gasteiger partial charge on any atom is 1.00 e. The van der Waals surface area contributed by atoms with Gasteiger partial charge in [0.2, 0.25) is 0 Å². The van der Waals surface area contributed by atoms with Gasteiger partial charge in [-0.3, -0.25) is 4.90 Å². The van der Waals surface area contributed by atoms with E-state index in [1.807, 2.05) is 4.90 Å². The molecule has 0 N–H and O–H groups in total. The smallest absolute Gasteiger partial charge is 0.549 e. The van der Waals surface area contributed by atoms with E-state index < -0.39 is 5.97 Å². The number of hydrogen-bond donors (Lipinski definition) is 0. The van der Waals surface area contributed by atoms with Gasteiger partial charge in [0.25, 0.3) is 0 Å². The van der Waals surface area contributed by atoms with E-state index >= 15 is 0 Å². The molecule has 0 aliphatic carbocycles. The number of carbonyl (C=O) groups excluding carboxylic acids is 1. The third-order valence-electron chi connectivity index (χ3n) is 4.82. The Kier molecular flexibility index (Phi) is 26.0. The molecule has 0 fully saturated rings. The molecule has 0 bridgehead atoms. The van der Waals surface area contributed by atoms with E-state index in [0.29, 0.717) is 0 Å². The fraction of sp³-hybridized carbons (Fsp3) is 0.792. The minimum atomic E-state index is -0.965. The number of hydrogen-bond acceptors (Lipinski definition) is 3. The zero-order valence-corrected chi connectivity index (χ0v) is 19.1. The van der Waals surface area contributed by atoms with E-state index in [1.165, 1.54) is 64.2 Å². The van der Waals surface area contributed by atoms with Gasteiger partial charge in [-0.1, -0.05) is 76.7 Å². The summed E-state index contributed by atoms with van der Waals surface area (Å²) in [5.41, 5.74) is 0. The number of carbonyl (C=O) groups is 1. The fourth-order valence-electron chi connectivity index (χ4n) is 3.17. The molecule has 4 heteroatoms. The standard InChI is InChI=1S/C24H45NO2.Li/c1-3-5-7-9-11-13-15-17-19-21-25(23-24(26)27)22-20-18-16-14-12-10-8-6-4-2;/h13-16H,3-12,17-23H2,1-2H3,(H,26,27);/q;+1/p-1/b15-13+,16-14+;. The van der Waals surface area contributed by atoms with Gasteiger partial charge >= 0.3 is 18.9 Å². The van der Waals surface area contributed by atoms with Gasteiger partial charge in [-0.15, -0.1) is 0 Å². The predicted octanol–water partition coefficient (Wildman–Crippen LogP) is 2.66. The van der Waals surface area contributed by atoms with Crippen LogP contribution in [0.25, 0.3) is 0 Å². The third kappa shape index (κ3) is 23.5. The number of nitrogens with zero attached hydrogens (tertiary/aromatic N) is 1. The van der Waals surface area contributed by atoms with Crippen molar-refractivity contribution in [2.45, 2.75) is 104 Å². The van der Waals surface area contributed by atoms with Crippen LogP contribution in [0.15, 0.2) is 24.3 Å². The number of unbranched alkanes of at least 4 members (excludes halogenated alkanes) is 10. The summed E-state index contributed by atoms with van der Waals surface area (Å²) in [6, 6.07) is 0. The van der Waals surface area contributed by atoms with E-state index in [1.54, 1.807) is 0 Å². The predicted molar refractivity (Wildman–Crippen MR) is 116 cm³/mol. The van der Waals surface area contributed by atoms with Crippen molar-refractivity contribution in [1.82, 2.24) is 4.90 Å². The van der Waals surface area contributed by atoms with Crippen molar-refractivity contribution in [2.24, 2.45) is 0 Å². The summed E-state index contributed by atoms with van der Waals surface area (Å²) in [5, 5.41) is 10.9. The van der Waals surface area contributed by atoms with Crippen LogP contribution in [-0.4, -0.2) is 30.5 Å². The molecule has 0 aliphatic heterocycles. The van der Waals surface area contributed by atoms with Gasteiger partial charge in [-0.05, 0) is 64.5 Å². The van der Waals surface area contributed by atoms with Gasteiger partial charge in [0, 0.05) is 6.54 Å². The van der Waals surface area contributed by atoms with E-state index in [-0.39, 0.29) is 25.4 Å². The molecule has 0 saturated carbocycles. The Morgan fingerprint density at radius 1 is 0.679 bits per heavy atom. The van der Waals surface area contributed by atoms with Crippen LogP contribution < -0.4 is 24.0 Å². The van der Waals surface area contributed by atoms with Gasteiger partial charge in [0.1, 0.15) is 0 Å². The topological polar surface area (TPSA) is 43.4 Å². The van der Waals surface area contributed by atoms with Crippen molar-refractivity contribution < 1.29 is 28.8 Å². The van der Waals surface area contributed by atoms with Crippen LogP contribution in [0.1, 0.15) is 104 Å². The molecule has 0 radical (unpaired) electrons. The molecule has 0 aromatic rings. The normalized spacial score (nSPS) is 11.5. The molecule has 0 aliphatic rings. The minimum Gasteiger partial charge on any atom is -0.549 e. The van der Waals surface area contributed by atoms with Crippen LogP contribution in [0, 0.1) is 0 Å². The Morgan fingerprint density at radius 3 is 1.43 bits per heavy atom. The average Bonchev–Trinajstić information content (AvgIpc) is 2.64. The molecule has 0 unspecified atom stereocenters. The van der Waals surface area contributed by atoms with Crippen molar-refractivity contribution in [3.63, 3.8) is 0 Å². The van der Waals surface area contributed by atoms with Crippen LogP contribution >= 0.6 is 0 Å². The minimum absolute atomic E-state index is 0. The molecule has 0 saturated heterocycles. The number of carboxylic acids is 1. The van der Waals surface area contributed by atoms with Gasteiger partial charge in [-0.25, -0.2) is 0 Å². The number of aliphatic carboxylic acids is 1. The van der Waals surface area contributed by atoms with E-state index in [4.69, 9.17) is 0 Å². The van der Waals surface area contributed by atoms with Crippen molar-refractivity contribution in [3.05, 3.63) is 24.3 Å². The van der Waals surface area contributed by atoms with Crippen LogP contribution in [-0.2, 0) is 4.79 Å². The summed E-state index contributed by atoms with van der Waals surface area (Å²) in [6.07, 6.45) is 26.0. The Labute approximate surface area is 187 Å². The third-order valence-corrected chi connectivity index (χ3v) is 4.82. The molecule has 0 atom stereocenters. The molecule has 158 valence electrons. The number of rotatable bonds is 20. The Hall–Kier alpha value is -0.493. The van der Waals surface area contributed by atoms with Crippen molar-refractivity contribution in [3.8, 4) is 0 Å². The quantitative estimate of drug-likeness (QED) is 0.184. The molecule has 28 heavy (non-hydrogen) atoms. The zero-order valence-electron chi connectivity index (χ0n) is 19.1.